The molecule has 2 heterocycles. The molecule has 0 bridgehead atoms. The average molecular weight is 358 g/mol. The zero-order valence-corrected chi connectivity index (χ0v) is 14.5. The molecule has 1 aliphatic carbocycles. The average Bonchev–Trinajstić information content (AvgIpc) is 3.15. The van der Waals surface area contributed by atoms with E-state index in [2.05, 4.69) is 20.0 Å². The van der Waals surface area contributed by atoms with E-state index in [-0.39, 0.29) is 10.8 Å². The highest BCUT2D eigenvalue weighted by atomic mass is 32.2. The smallest absolute Gasteiger partial charge is 0.256 e. The summed E-state index contributed by atoms with van der Waals surface area (Å²) in [6.45, 7) is 0. The number of carbonyl (C=O) groups is 1. The number of anilines is 1. The normalized spacial score (nSPS) is 18.1. The predicted octanol–water partition coefficient (Wildman–Crippen LogP) is 1.69. The van der Waals surface area contributed by atoms with E-state index in [1.165, 1.54) is 19.2 Å². The Kier molecular flexibility index (Phi) is 3.73. The minimum atomic E-state index is -3.58. The molecule has 1 aromatic carbocycles. The molecule has 0 unspecified atom stereocenters. The highest BCUT2D eigenvalue weighted by Gasteiger charge is 2.27. The van der Waals surface area contributed by atoms with Crippen LogP contribution in [-0.4, -0.2) is 31.3 Å². The third-order valence-corrected chi connectivity index (χ3v) is 6.02. The van der Waals surface area contributed by atoms with Crippen molar-refractivity contribution in [2.24, 2.45) is 0 Å². The topological polar surface area (TPSA) is 104 Å². The molecule has 7 nitrogen and oxygen atoms in total. The number of aromatic nitrogens is 2. The van der Waals surface area contributed by atoms with Crippen LogP contribution in [0.15, 0.2) is 23.1 Å². The number of amides is 1. The van der Waals surface area contributed by atoms with Crippen molar-refractivity contribution in [2.75, 3.05) is 12.4 Å². The highest BCUT2D eigenvalue weighted by Crippen LogP contribution is 2.34. The number of hydrogen-bond donors (Lipinski definition) is 3. The van der Waals surface area contributed by atoms with E-state index in [9.17, 15) is 13.2 Å². The van der Waals surface area contributed by atoms with E-state index in [0.717, 1.165) is 37.1 Å². The van der Waals surface area contributed by atoms with Crippen molar-refractivity contribution < 1.29 is 13.2 Å². The summed E-state index contributed by atoms with van der Waals surface area (Å²) in [5.41, 5.74) is 3.76. The fraction of sp³-hybridized carbons (Fsp3) is 0.294. The molecule has 1 amide bonds. The summed E-state index contributed by atoms with van der Waals surface area (Å²) in [5.74, 6) is 0.371. The first-order valence-corrected chi connectivity index (χ1v) is 9.65. The number of nitrogens with one attached hydrogen (secondary N) is 3. The Morgan fingerprint density at radius 3 is 2.80 bits per heavy atom. The second kappa shape index (κ2) is 5.82. The molecule has 1 aliphatic heterocycles. The zero-order valence-electron chi connectivity index (χ0n) is 13.7. The second-order valence-corrected chi connectivity index (χ2v) is 8.07. The summed E-state index contributed by atoms with van der Waals surface area (Å²) >= 11 is 0. The Balaban J connectivity index is 1.78. The molecular weight excluding hydrogens is 340 g/mol. The van der Waals surface area contributed by atoms with Gasteiger partial charge in [0.2, 0.25) is 10.0 Å². The van der Waals surface area contributed by atoms with Gasteiger partial charge in [-0.3, -0.25) is 4.79 Å². The molecule has 0 saturated heterocycles. The van der Waals surface area contributed by atoms with Gasteiger partial charge in [0, 0.05) is 16.9 Å². The molecule has 4 rings (SSSR count). The van der Waals surface area contributed by atoms with Crippen molar-refractivity contribution in [1.82, 2.24) is 14.7 Å². The van der Waals surface area contributed by atoms with Gasteiger partial charge in [0.1, 0.15) is 5.82 Å². The van der Waals surface area contributed by atoms with Crippen LogP contribution in [0.5, 0.6) is 0 Å². The minimum absolute atomic E-state index is 0.120. The summed E-state index contributed by atoms with van der Waals surface area (Å²) in [4.78, 5) is 20.3. The van der Waals surface area contributed by atoms with Gasteiger partial charge in [-0.1, -0.05) is 0 Å². The SMILES string of the molecule is CNS(=O)(=O)c1ccc2c(c1)C(=Cc1nc3c([nH]1)CCCC3)C(=O)N2. The number of imidazole rings is 1. The number of benzene rings is 1. The van der Waals surface area contributed by atoms with Crippen LogP contribution in [0.25, 0.3) is 11.6 Å². The lowest BCUT2D eigenvalue weighted by Crippen LogP contribution is -2.18. The first-order chi connectivity index (χ1) is 12.0. The third-order valence-electron chi connectivity index (χ3n) is 4.61. The standard InChI is InChI=1S/C17H18N4O3S/c1-18-25(23,24)10-6-7-13-11(8-10)12(17(22)21-13)9-16-19-14-4-2-3-5-15(14)20-16/h6-9,18H,2-5H2,1H3,(H,19,20)(H,21,22). The van der Waals surface area contributed by atoms with Gasteiger partial charge >= 0.3 is 0 Å². The number of aromatic amines is 1. The van der Waals surface area contributed by atoms with Gasteiger partial charge < -0.3 is 10.3 Å². The van der Waals surface area contributed by atoms with Gasteiger partial charge in [0.15, 0.2) is 0 Å². The van der Waals surface area contributed by atoms with Crippen LogP contribution in [0.4, 0.5) is 5.69 Å². The largest absolute Gasteiger partial charge is 0.342 e. The van der Waals surface area contributed by atoms with Crippen LogP contribution in [0.1, 0.15) is 35.6 Å². The van der Waals surface area contributed by atoms with Crippen molar-refractivity contribution >= 4 is 33.3 Å². The third kappa shape index (κ3) is 2.77. The first kappa shape index (κ1) is 16.0. The molecule has 0 fully saturated rings. The van der Waals surface area contributed by atoms with Crippen LogP contribution in [-0.2, 0) is 27.7 Å². The van der Waals surface area contributed by atoms with Gasteiger partial charge in [0.25, 0.3) is 5.91 Å². The maximum atomic E-state index is 12.3. The molecule has 130 valence electrons. The maximum absolute atomic E-state index is 12.3. The number of aryl methyl sites for hydroxylation is 2. The van der Waals surface area contributed by atoms with E-state index in [1.54, 1.807) is 12.1 Å². The number of carbonyl (C=O) groups excluding carboxylic acids is 1. The Bertz CT molecular complexity index is 981. The fourth-order valence-electron chi connectivity index (χ4n) is 3.28. The lowest BCUT2D eigenvalue weighted by Gasteiger charge is -2.07. The molecule has 1 aromatic heterocycles. The van der Waals surface area contributed by atoms with Gasteiger partial charge in [-0.15, -0.1) is 0 Å². The Morgan fingerprint density at radius 2 is 2.04 bits per heavy atom. The Morgan fingerprint density at radius 1 is 1.24 bits per heavy atom. The van der Waals surface area contributed by atoms with Gasteiger partial charge in [-0.05, 0) is 57.0 Å². The fourth-order valence-corrected chi connectivity index (χ4v) is 4.03. The Hall–Kier alpha value is -2.45. The number of H-pyrrole nitrogens is 1. The molecule has 0 spiro atoms. The van der Waals surface area contributed by atoms with Gasteiger partial charge in [-0.2, -0.15) is 0 Å². The quantitative estimate of drug-likeness (QED) is 0.726. The second-order valence-electron chi connectivity index (χ2n) is 6.18. The molecule has 0 saturated carbocycles. The van der Waals surface area contributed by atoms with Crippen LogP contribution >= 0.6 is 0 Å². The summed E-state index contributed by atoms with van der Waals surface area (Å²) in [6, 6.07) is 4.58. The molecule has 2 aromatic rings. The number of sulfonamides is 1. The monoisotopic (exact) mass is 358 g/mol. The van der Waals surface area contributed by atoms with Gasteiger partial charge in [-0.25, -0.2) is 18.1 Å². The van der Waals surface area contributed by atoms with E-state index in [4.69, 9.17) is 0 Å². The van der Waals surface area contributed by atoms with E-state index >= 15 is 0 Å². The predicted molar refractivity (Wildman–Crippen MR) is 94.4 cm³/mol. The van der Waals surface area contributed by atoms with Crippen molar-refractivity contribution in [3.63, 3.8) is 0 Å². The molecule has 2 aliphatic rings. The van der Waals surface area contributed by atoms with Crippen LogP contribution in [0.3, 0.4) is 0 Å². The first-order valence-electron chi connectivity index (χ1n) is 8.17. The summed E-state index contributed by atoms with van der Waals surface area (Å²) < 4.78 is 26.3. The lowest BCUT2D eigenvalue weighted by atomic mass is 10.0. The minimum Gasteiger partial charge on any atom is -0.342 e. The molecular formula is C17H18N4O3S. The van der Waals surface area contributed by atoms with Crippen LogP contribution in [0, 0.1) is 0 Å². The van der Waals surface area contributed by atoms with E-state index < -0.39 is 10.0 Å². The lowest BCUT2D eigenvalue weighted by molar-refractivity contribution is -0.110. The molecule has 25 heavy (non-hydrogen) atoms. The van der Waals surface area contributed by atoms with Crippen molar-refractivity contribution in [3.05, 3.63) is 41.0 Å². The van der Waals surface area contributed by atoms with E-state index in [1.807, 2.05) is 0 Å². The zero-order chi connectivity index (χ0) is 17.6. The summed E-state index contributed by atoms with van der Waals surface area (Å²) in [6.07, 6.45) is 5.87. The number of hydrogen-bond acceptors (Lipinski definition) is 4. The van der Waals surface area contributed by atoms with E-state index in [0.29, 0.717) is 22.6 Å². The Labute approximate surface area is 145 Å². The van der Waals surface area contributed by atoms with Gasteiger partial charge in [0.05, 0.1) is 16.2 Å². The maximum Gasteiger partial charge on any atom is 0.256 e. The molecule has 3 N–H and O–H groups in total. The van der Waals surface area contributed by atoms with Crippen LogP contribution < -0.4 is 10.0 Å². The number of rotatable bonds is 3. The highest BCUT2D eigenvalue weighted by molar-refractivity contribution is 7.89. The molecule has 0 atom stereocenters. The summed E-state index contributed by atoms with van der Waals surface area (Å²) in [5, 5.41) is 2.76. The van der Waals surface area contributed by atoms with Crippen LogP contribution in [0.2, 0.25) is 0 Å². The van der Waals surface area contributed by atoms with Crippen molar-refractivity contribution in [1.29, 1.82) is 0 Å². The van der Waals surface area contributed by atoms with Crippen molar-refractivity contribution in [3.8, 4) is 0 Å². The number of nitrogens with zero attached hydrogens (tertiary/aromatic N) is 1. The summed E-state index contributed by atoms with van der Waals surface area (Å²) in [7, 11) is -2.22. The van der Waals surface area contributed by atoms with Crippen molar-refractivity contribution in [2.45, 2.75) is 30.6 Å². The molecule has 0 radical (unpaired) electrons. The molecule has 8 heteroatoms. The number of fused-ring (bicyclic) bond motifs is 2.